The van der Waals surface area contributed by atoms with E-state index in [1.54, 1.807) is 24.3 Å². The molecule has 2 heterocycles. The molecule has 0 aliphatic carbocycles. The fourth-order valence-electron chi connectivity index (χ4n) is 2.82. The van der Waals surface area contributed by atoms with Crippen molar-refractivity contribution >= 4 is 23.3 Å². The summed E-state index contributed by atoms with van der Waals surface area (Å²) >= 11 is 0. The molecule has 2 amide bonds. The zero-order chi connectivity index (χ0) is 20.3. The van der Waals surface area contributed by atoms with Crippen LogP contribution < -0.4 is 15.0 Å². The minimum atomic E-state index is -4.49. The number of pyridine rings is 1. The van der Waals surface area contributed by atoms with Crippen molar-refractivity contribution < 1.29 is 27.5 Å². The minimum Gasteiger partial charge on any atom is -0.478 e. The maximum Gasteiger partial charge on any atom is 0.417 e. The number of rotatable bonds is 5. The van der Waals surface area contributed by atoms with Gasteiger partial charge >= 0.3 is 6.18 Å². The first kappa shape index (κ1) is 19.7. The van der Waals surface area contributed by atoms with Crippen LogP contribution in [0.5, 0.6) is 5.75 Å². The van der Waals surface area contributed by atoms with Gasteiger partial charge in [-0.25, -0.2) is 4.98 Å². The van der Waals surface area contributed by atoms with Crippen LogP contribution in [0.25, 0.3) is 0 Å². The molecule has 1 aliphatic heterocycles. The first-order valence-electron chi connectivity index (χ1n) is 8.69. The first-order chi connectivity index (χ1) is 13.3. The third kappa shape index (κ3) is 4.24. The summed E-state index contributed by atoms with van der Waals surface area (Å²) in [7, 11) is 0. The number of amides is 2. The number of carbonyl (C=O) groups excluding carboxylic acids is 2. The summed E-state index contributed by atoms with van der Waals surface area (Å²) in [6, 6.07) is 8.97. The van der Waals surface area contributed by atoms with E-state index < -0.39 is 23.8 Å². The van der Waals surface area contributed by atoms with Crippen LogP contribution in [0, 0.1) is 0 Å². The van der Waals surface area contributed by atoms with Crippen molar-refractivity contribution in [2.24, 2.45) is 0 Å². The fourth-order valence-corrected chi connectivity index (χ4v) is 2.82. The van der Waals surface area contributed by atoms with Crippen LogP contribution >= 0.6 is 0 Å². The quantitative estimate of drug-likeness (QED) is 0.842. The normalized spacial score (nSPS) is 16.4. The number of ether oxygens (including phenoxy) is 1. The van der Waals surface area contributed by atoms with Gasteiger partial charge in [-0.1, -0.05) is 19.1 Å². The number of fused-ring (bicyclic) bond motifs is 1. The highest BCUT2D eigenvalue weighted by molar-refractivity contribution is 6.01. The Balaban J connectivity index is 1.64. The zero-order valence-corrected chi connectivity index (χ0v) is 15.0. The van der Waals surface area contributed by atoms with Gasteiger partial charge in [-0.3, -0.25) is 9.59 Å². The number of benzene rings is 1. The van der Waals surface area contributed by atoms with Crippen LogP contribution in [0.2, 0.25) is 0 Å². The predicted molar refractivity (Wildman–Crippen MR) is 96.0 cm³/mol. The summed E-state index contributed by atoms with van der Waals surface area (Å²) < 4.78 is 43.3. The number of alkyl halides is 3. The lowest BCUT2D eigenvalue weighted by atomic mass is 10.1. The Bertz CT molecular complexity index is 869. The minimum absolute atomic E-state index is 0.0122. The van der Waals surface area contributed by atoms with Crippen LogP contribution in [-0.4, -0.2) is 29.4 Å². The van der Waals surface area contributed by atoms with E-state index in [1.807, 2.05) is 6.92 Å². The maximum atomic E-state index is 12.6. The molecule has 2 aromatic rings. The summed E-state index contributed by atoms with van der Waals surface area (Å²) in [6.07, 6.45) is -4.00. The molecular formula is C19H18F3N3O3. The number of para-hydroxylation sites is 2. The number of hydrogen-bond acceptors (Lipinski definition) is 4. The molecule has 0 radical (unpaired) electrons. The lowest BCUT2D eigenvalue weighted by molar-refractivity contribution is -0.137. The van der Waals surface area contributed by atoms with Crippen molar-refractivity contribution in [3.05, 3.63) is 48.2 Å². The van der Waals surface area contributed by atoms with E-state index in [2.05, 4.69) is 10.3 Å². The number of hydrogen-bond donors (Lipinski definition) is 1. The molecule has 0 saturated heterocycles. The Morgan fingerprint density at radius 2 is 2.00 bits per heavy atom. The SMILES string of the molecule is CCC1Oc2ccccc2N(CCC(=O)Nc2ccc(C(F)(F)F)cn2)C1=O. The maximum absolute atomic E-state index is 12.6. The van der Waals surface area contributed by atoms with E-state index in [9.17, 15) is 22.8 Å². The van der Waals surface area contributed by atoms with E-state index in [-0.39, 0.29) is 24.7 Å². The Labute approximate surface area is 159 Å². The number of carbonyl (C=O) groups is 2. The third-order valence-electron chi connectivity index (χ3n) is 4.26. The Morgan fingerprint density at radius 3 is 2.64 bits per heavy atom. The fraction of sp³-hybridized carbons (Fsp3) is 0.316. The molecule has 0 saturated carbocycles. The molecule has 6 nitrogen and oxygen atoms in total. The van der Waals surface area contributed by atoms with Gasteiger partial charge in [0, 0.05) is 19.2 Å². The molecule has 9 heteroatoms. The molecule has 1 unspecified atom stereocenters. The number of anilines is 2. The molecule has 1 aliphatic rings. The van der Waals surface area contributed by atoms with Crippen LogP contribution in [0.1, 0.15) is 25.3 Å². The van der Waals surface area contributed by atoms with Gasteiger partial charge in [0.25, 0.3) is 5.91 Å². The average molecular weight is 393 g/mol. The largest absolute Gasteiger partial charge is 0.478 e. The highest BCUT2D eigenvalue weighted by Crippen LogP contribution is 2.34. The second-order valence-corrected chi connectivity index (χ2v) is 6.20. The second-order valence-electron chi connectivity index (χ2n) is 6.20. The Kier molecular flexibility index (Phi) is 5.53. The predicted octanol–water partition coefficient (Wildman–Crippen LogP) is 3.63. The van der Waals surface area contributed by atoms with Gasteiger partial charge in [-0.05, 0) is 30.7 Å². The van der Waals surface area contributed by atoms with Gasteiger partial charge in [0.1, 0.15) is 11.6 Å². The lowest BCUT2D eigenvalue weighted by Crippen LogP contribution is -2.46. The van der Waals surface area contributed by atoms with Crippen molar-refractivity contribution in [2.45, 2.75) is 32.0 Å². The summed E-state index contributed by atoms with van der Waals surface area (Å²) in [5, 5.41) is 2.44. The van der Waals surface area contributed by atoms with E-state index >= 15 is 0 Å². The summed E-state index contributed by atoms with van der Waals surface area (Å²) in [6.45, 7) is 1.94. The topological polar surface area (TPSA) is 71.5 Å². The van der Waals surface area contributed by atoms with Crippen molar-refractivity contribution in [3.8, 4) is 5.75 Å². The molecule has 0 bridgehead atoms. The van der Waals surface area contributed by atoms with Gasteiger partial charge in [0.2, 0.25) is 5.91 Å². The highest BCUT2D eigenvalue weighted by Gasteiger charge is 2.33. The van der Waals surface area contributed by atoms with E-state index in [0.717, 1.165) is 12.1 Å². The molecule has 0 spiro atoms. The van der Waals surface area contributed by atoms with Crippen LogP contribution in [-0.2, 0) is 15.8 Å². The van der Waals surface area contributed by atoms with Crippen molar-refractivity contribution in [1.29, 1.82) is 0 Å². The van der Waals surface area contributed by atoms with Crippen molar-refractivity contribution in [3.63, 3.8) is 0 Å². The number of nitrogens with zero attached hydrogens (tertiary/aromatic N) is 2. The average Bonchev–Trinajstić information content (AvgIpc) is 2.66. The van der Waals surface area contributed by atoms with Gasteiger partial charge in [0.05, 0.1) is 11.3 Å². The summed E-state index contributed by atoms with van der Waals surface area (Å²) in [4.78, 5) is 29.8. The zero-order valence-electron chi connectivity index (χ0n) is 15.0. The lowest BCUT2D eigenvalue weighted by Gasteiger charge is -2.33. The molecule has 3 rings (SSSR count). The Hall–Kier alpha value is -3.10. The first-order valence-corrected chi connectivity index (χ1v) is 8.69. The standard InChI is InChI=1S/C19H18F3N3O3/c1-2-14-18(27)25(13-5-3-4-6-15(13)28-14)10-9-17(26)24-16-8-7-12(11-23-16)19(20,21)22/h3-8,11,14H,2,9-10H2,1H3,(H,23,24,26). The van der Waals surface area contributed by atoms with Gasteiger partial charge in [-0.2, -0.15) is 13.2 Å². The number of aromatic nitrogens is 1. The molecule has 148 valence electrons. The van der Waals surface area contributed by atoms with E-state index in [4.69, 9.17) is 4.74 Å². The van der Waals surface area contributed by atoms with Crippen molar-refractivity contribution in [2.75, 3.05) is 16.8 Å². The number of nitrogens with one attached hydrogen (secondary N) is 1. The van der Waals surface area contributed by atoms with Gasteiger partial charge in [0.15, 0.2) is 6.10 Å². The molecule has 0 fully saturated rings. The number of halogens is 3. The van der Waals surface area contributed by atoms with Gasteiger partial charge < -0.3 is 15.0 Å². The molecule has 1 aromatic heterocycles. The smallest absolute Gasteiger partial charge is 0.417 e. The van der Waals surface area contributed by atoms with Crippen LogP contribution in [0.4, 0.5) is 24.7 Å². The van der Waals surface area contributed by atoms with Gasteiger partial charge in [-0.15, -0.1) is 0 Å². The molecule has 1 N–H and O–H groups in total. The van der Waals surface area contributed by atoms with Crippen LogP contribution in [0.15, 0.2) is 42.6 Å². The van der Waals surface area contributed by atoms with E-state index in [0.29, 0.717) is 24.1 Å². The molecule has 1 atom stereocenters. The van der Waals surface area contributed by atoms with E-state index in [1.165, 1.54) is 4.90 Å². The Morgan fingerprint density at radius 1 is 1.25 bits per heavy atom. The summed E-state index contributed by atoms with van der Waals surface area (Å²) in [5.74, 6) is -0.115. The highest BCUT2D eigenvalue weighted by atomic mass is 19.4. The molecule has 28 heavy (non-hydrogen) atoms. The second kappa shape index (κ2) is 7.87. The monoisotopic (exact) mass is 393 g/mol. The third-order valence-corrected chi connectivity index (χ3v) is 4.26. The van der Waals surface area contributed by atoms with Crippen molar-refractivity contribution in [1.82, 2.24) is 4.98 Å². The summed E-state index contributed by atoms with van der Waals surface area (Å²) in [5.41, 5.74) is -0.315. The molecular weight excluding hydrogens is 375 g/mol. The molecule has 1 aromatic carbocycles. The van der Waals surface area contributed by atoms with Crippen LogP contribution in [0.3, 0.4) is 0 Å².